The van der Waals surface area contributed by atoms with Crippen molar-refractivity contribution in [2.24, 2.45) is 0 Å². The van der Waals surface area contributed by atoms with Gasteiger partial charge < -0.3 is 5.32 Å². The van der Waals surface area contributed by atoms with E-state index in [2.05, 4.69) is 31.0 Å². The Morgan fingerprint density at radius 3 is 2.16 bits per heavy atom. The average Bonchev–Trinajstić information content (AvgIpc) is 2.27. The van der Waals surface area contributed by atoms with Crippen molar-refractivity contribution in [1.82, 2.24) is 15.1 Å². The number of alkyl halides is 3. The van der Waals surface area contributed by atoms with Gasteiger partial charge in [0.2, 0.25) is 0 Å². The van der Waals surface area contributed by atoms with Crippen molar-refractivity contribution in [2.75, 3.05) is 39.3 Å². The number of rotatable bonds is 6. The first kappa shape index (κ1) is 16.7. The Kier molecular flexibility index (Phi) is 6.56. The summed E-state index contributed by atoms with van der Waals surface area (Å²) in [5, 5.41) is 3.37. The van der Waals surface area contributed by atoms with Gasteiger partial charge in [0.25, 0.3) is 0 Å². The van der Waals surface area contributed by atoms with E-state index in [4.69, 9.17) is 0 Å². The lowest BCUT2D eigenvalue weighted by molar-refractivity contribution is -0.149. The molecule has 6 heteroatoms. The van der Waals surface area contributed by atoms with Crippen LogP contribution in [0.5, 0.6) is 0 Å². The topological polar surface area (TPSA) is 18.5 Å². The van der Waals surface area contributed by atoms with Gasteiger partial charge in [-0.1, -0.05) is 6.92 Å². The maximum Gasteiger partial charge on any atom is 0.401 e. The fourth-order valence-electron chi connectivity index (χ4n) is 2.71. The highest BCUT2D eigenvalue weighted by atomic mass is 19.4. The van der Waals surface area contributed by atoms with E-state index in [9.17, 15) is 13.2 Å². The van der Waals surface area contributed by atoms with Crippen LogP contribution in [0.4, 0.5) is 13.2 Å². The normalized spacial score (nSPS) is 22.4. The summed E-state index contributed by atoms with van der Waals surface area (Å²) in [5.41, 5.74) is 0. The first-order valence-electron chi connectivity index (χ1n) is 7.08. The Labute approximate surface area is 114 Å². The van der Waals surface area contributed by atoms with E-state index in [0.29, 0.717) is 25.2 Å². The molecule has 0 aromatic carbocycles. The van der Waals surface area contributed by atoms with Gasteiger partial charge in [0.15, 0.2) is 0 Å². The van der Waals surface area contributed by atoms with E-state index in [1.165, 1.54) is 4.90 Å². The lowest BCUT2D eigenvalue weighted by Gasteiger charge is -2.39. The first-order chi connectivity index (χ1) is 8.81. The van der Waals surface area contributed by atoms with E-state index < -0.39 is 12.7 Å². The van der Waals surface area contributed by atoms with Crippen LogP contribution in [-0.2, 0) is 0 Å². The zero-order chi connectivity index (χ0) is 14.5. The lowest BCUT2D eigenvalue weighted by atomic mass is 10.1. The Morgan fingerprint density at radius 2 is 1.68 bits per heavy atom. The minimum absolute atomic E-state index is 0.419. The third kappa shape index (κ3) is 6.58. The average molecular weight is 281 g/mol. The van der Waals surface area contributed by atoms with Gasteiger partial charge in [-0.25, -0.2) is 0 Å². The summed E-state index contributed by atoms with van der Waals surface area (Å²) in [4.78, 5) is 3.79. The molecule has 114 valence electrons. The molecule has 3 nitrogen and oxygen atoms in total. The standard InChI is InChI=1S/C13H26F3N3/c1-4-17-11(2)9-12(3)19-7-5-18(6-8-19)10-13(14,15)16/h11-12,17H,4-10H2,1-3H3. The highest BCUT2D eigenvalue weighted by molar-refractivity contribution is 4.79. The van der Waals surface area contributed by atoms with Gasteiger partial charge in [-0.2, -0.15) is 13.2 Å². The molecular weight excluding hydrogens is 255 g/mol. The molecule has 0 aromatic heterocycles. The second-order valence-electron chi connectivity index (χ2n) is 5.47. The highest BCUT2D eigenvalue weighted by Crippen LogP contribution is 2.18. The molecule has 2 unspecified atom stereocenters. The molecular formula is C13H26F3N3. The highest BCUT2D eigenvalue weighted by Gasteiger charge is 2.32. The molecule has 0 radical (unpaired) electrons. The van der Waals surface area contributed by atoms with E-state index in [1.807, 2.05) is 0 Å². The molecule has 0 saturated carbocycles. The van der Waals surface area contributed by atoms with Gasteiger partial charge in [0, 0.05) is 38.3 Å². The molecule has 0 aliphatic carbocycles. The van der Waals surface area contributed by atoms with Crippen LogP contribution in [-0.4, -0.2) is 67.3 Å². The van der Waals surface area contributed by atoms with E-state index in [-0.39, 0.29) is 0 Å². The molecule has 0 amide bonds. The van der Waals surface area contributed by atoms with Crippen LogP contribution in [0.25, 0.3) is 0 Å². The number of piperazine rings is 1. The molecule has 1 aliphatic rings. The van der Waals surface area contributed by atoms with Crippen LogP contribution >= 0.6 is 0 Å². The molecule has 0 bridgehead atoms. The largest absolute Gasteiger partial charge is 0.401 e. The van der Waals surface area contributed by atoms with Crippen molar-refractivity contribution >= 4 is 0 Å². The maximum absolute atomic E-state index is 12.3. The van der Waals surface area contributed by atoms with Crippen molar-refractivity contribution in [3.63, 3.8) is 0 Å². The summed E-state index contributed by atoms with van der Waals surface area (Å²) in [6, 6.07) is 0.871. The SMILES string of the molecule is CCNC(C)CC(C)N1CCN(CC(F)(F)F)CC1. The van der Waals surface area contributed by atoms with Gasteiger partial charge in [-0.15, -0.1) is 0 Å². The molecule has 19 heavy (non-hydrogen) atoms. The van der Waals surface area contributed by atoms with E-state index >= 15 is 0 Å². The van der Waals surface area contributed by atoms with E-state index in [1.54, 1.807) is 0 Å². The van der Waals surface area contributed by atoms with E-state index in [0.717, 1.165) is 26.1 Å². The Balaban J connectivity index is 2.29. The molecule has 1 saturated heterocycles. The quantitative estimate of drug-likeness (QED) is 0.803. The van der Waals surface area contributed by atoms with Crippen LogP contribution in [0.2, 0.25) is 0 Å². The number of hydrogen-bond donors (Lipinski definition) is 1. The predicted octanol–water partition coefficient (Wildman–Crippen LogP) is 1.94. The zero-order valence-corrected chi connectivity index (χ0v) is 12.1. The fraction of sp³-hybridized carbons (Fsp3) is 1.00. The first-order valence-corrected chi connectivity index (χ1v) is 7.08. The van der Waals surface area contributed by atoms with Crippen LogP contribution in [0, 0.1) is 0 Å². The molecule has 1 rings (SSSR count). The van der Waals surface area contributed by atoms with Crippen molar-refractivity contribution in [3.8, 4) is 0 Å². The van der Waals surface area contributed by atoms with Gasteiger partial charge in [0.05, 0.1) is 6.54 Å². The number of nitrogens with zero attached hydrogens (tertiary/aromatic N) is 2. The second-order valence-corrected chi connectivity index (χ2v) is 5.47. The monoisotopic (exact) mass is 281 g/mol. The molecule has 1 heterocycles. The van der Waals surface area contributed by atoms with Crippen LogP contribution in [0.15, 0.2) is 0 Å². The number of halogens is 3. The maximum atomic E-state index is 12.3. The van der Waals surface area contributed by atoms with Crippen molar-refractivity contribution in [3.05, 3.63) is 0 Å². The smallest absolute Gasteiger partial charge is 0.314 e. The Bertz CT molecular complexity index is 250. The Morgan fingerprint density at radius 1 is 1.11 bits per heavy atom. The summed E-state index contributed by atoms with van der Waals surface area (Å²) >= 11 is 0. The summed E-state index contributed by atoms with van der Waals surface area (Å²) in [5.74, 6) is 0. The molecule has 0 spiro atoms. The summed E-state index contributed by atoms with van der Waals surface area (Å²) < 4.78 is 36.9. The van der Waals surface area contributed by atoms with Gasteiger partial charge in [0.1, 0.15) is 0 Å². The minimum atomic E-state index is -4.08. The molecule has 1 aliphatic heterocycles. The second kappa shape index (κ2) is 7.45. The van der Waals surface area contributed by atoms with Crippen molar-refractivity contribution in [2.45, 2.75) is 45.5 Å². The third-order valence-corrected chi connectivity index (χ3v) is 3.68. The van der Waals surface area contributed by atoms with Crippen LogP contribution in [0.1, 0.15) is 27.2 Å². The van der Waals surface area contributed by atoms with Crippen molar-refractivity contribution < 1.29 is 13.2 Å². The zero-order valence-electron chi connectivity index (χ0n) is 12.1. The van der Waals surface area contributed by atoms with Crippen LogP contribution in [0.3, 0.4) is 0 Å². The van der Waals surface area contributed by atoms with Crippen LogP contribution < -0.4 is 5.32 Å². The van der Waals surface area contributed by atoms with Gasteiger partial charge in [-0.05, 0) is 26.8 Å². The lowest BCUT2D eigenvalue weighted by Crippen LogP contribution is -2.52. The molecule has 1 fully saturated rings. The summed E-state index contributed by atoms with van der Waals surface area (Å²) in [6.45, 7) is 9.06. The third-order valence-electron chi connectivity index (χ3n) is 3.68. The van der Waals surface area contributed by atoms with Gasteiger partial charge in [-0.3, -0.25) is 9.80 Å². The summed E-state index contributed by atoms with van der Waals surface area (Å²) in [6.07, 6.45) is -3.04. The minimum Gasteiger partial charge on any atom is -0.314 e. The number of hydrogen-bond acceptors (Lipinski definition) is 3. The van der Waals surface area contributed by atoms with Crippen molar-refractivity contribution in [1.29, 1.82) is 0 Å². The fourth-order valence-corrected chi connectivity index (χ4v) is 2.71. The Hall–Kier alpha value is -0.330. The van der Waals surface area contributed by atoms with Gasteiger partial charge >= 0.3 is 6.18 Å². The molecule has 0 aromatic rings. The summed E-state index contributed by atoms with van der Waals surface area (Å²) in [7, 11) is 0. The molecule has 2 atom stereocenters. The number of nitrogens with one attached hydrogen (secondary N) is 1. The molecule has 1 N–H and O–H groups in total. The predicted molar refractivity (Wildman–Crippen MR) is 71.3 cm³/mol.